The second kappa shape index (κ2) is 6.80. The van der Waals surface area contributed by atoms with Gasteiger partial charge in [0.25, 0.3) is 0 Å². The number of carbonyl (C=O) groups is 1. The third-order valence-corrected chi connectivity index (χ3v) is 5.72. The van der Waals surface area contributed by atoms with Crippen molar-refractivity contribution in [2.45, 2.75) is 58.0 Å². The summed E-state index contributed by atoms with van der Waals surface area (Å²) >= 11 is 0. The van der Waals surface area contributed by atoms with E-state index in [4.69, 9.17) is 0 Å². The van der Waals surface area contributed by atoms with Crippen molar-refractivity contribution in [2.75, 3.05) is 0 Å². The lowest BCUT2D eigenvalue weighted by Gasteiger charge is -2.54. The molecule has 2 nitrogen and oxygen atoms in total. The van der Waals surface area contributed by atoms with Crippen LogP contribution in [0.15, 0.2) is 36.5 Å². The van der Waals surface area contributed by atoms with Crippen LogP contribution in [0.5, 0.6) is 0 Å². The Bertz CT molecular complexity index is 476. The van der Waals surface area contributed by atoms with E-state index in [2.05, 4.69) is 13.2 Å². The highest BCUT2D eigenvalue weighted by Gasteiger charge is 2.52. The summed E-state index contributed by atoms with van der Waals surface area (Å²) in [6.07, 6.45) is 7.69. The summed E-state index contributed by atoms with van der Waals surface area (Å²) in [4.78, 5) is 11.5. The molecule has 0 aromatic carbocycles. The zero-order valence-corrected chi connectivity index (χ0v) is 13.5. The van der Waals surface area contributed by atoms with Crippen LogP contribution in [0.25, 0.3) is 0 Å². The highest BCUT2D eigenvalue weighted by atomic mass is 19.1. The van der Waals surface area contributed by atoms with Crippen LogP contribution in [0, 0.1) is 17.3 Å². The molecule has 0 aromatic heterocycles. The molecule has 2 aliphatic rings. The Morgan fingerprint density at radius 3 is 2.55 bits per heavy atom. The number of alkyl halides is 1. The fraction of sp³-hybridized carbons (Fsp3) is 0.632. The molecule has 2 bridgehead atoms. The minimum absolute atomic E-state index is 0.156. The molecule has 1 N–H and O–H groups in total. The van der Waals surface area contributed by atoms with Gasteiger partial charge < -0.3 is 5.11 Å². The van der Waals surface area contributed by atoms with Crippen molar-refractivity contribution in [3.05, 3.63) is 36.5 Å². The topological polar surface area (TPSA) is 37.3 Å². The van der Waals surface area contributed by atoms with Gasteiger partial charge in [-0.05, 0) is 44.4 Å². The van der Waals surface area contributed by atoms with Crippen molar-refractivity contribution in [1.29, 1.82) is 0 Å². The van der Waals surface area contributed by atoms with E-state index < -0.39 is 12.1 Å². The van der Waals surface area contributed by atoms with E-state index in [1.807, 2.05) is 13.0 Å². The molecule has 22 heavy (non-hydrogen) atoms. The Morgan fingerprint density at radius 1 is 1.45 bits per heavy atom. The molecule has 3 atom stereocenters. The molecule has 3 unspecified atom stereocenters. The Morgan fingerprint density at radius 2 is 2.05 bits per heavy atom. The van der Waals surface area contributed by atoms with E-state index in [1.54, 1.807) is 0 Å². The van der Waals surface area contributed by atoms with Gasteiger partial charge in [0.1, 0.15) is 6.17 Å². The molecule has 2 aliphatic carbocycles. The van der Waals surface area contributed by atoms with Gasteiger partial charge in [-0.3, -0.25) is 4.79 Å². The van der Waals surface area contributed by atoms with Gasteiger partial charge in [-0.15, -0.1) is 6.58 Å². The van der Waals surface area contributed by atoms with Gasteiger partial charge in [0.15, 0.2) is 0 Å². The summed E-state index contributed by atoms with van der Waals surface area (Å²) < 4.78 is 13.5. The van der Waals surface area contributed by atoms with Crippen LogP contribution in [-0.4, -0.2) is 17.2 Å². The highest BCUT2D eigenvalue weighted by molar-refractivity contribution is 5.69. The zero-order chi connectivity index (χ0) is 16.3. The number of hydrogen-bond acceptors (Lipinski definition) is 1. The first-order chi connectivity index (χ1) is 10.4. The molecule has 0 amide bonds. The molecule has 0 aliphatic heterocycles. The number of halogens is 1. The summed E-state index contributed by atoms with van der Waals surface area (Å²) in [5, 5.41) is 9.48. The maximum Gasteiger partial charge on any atom is 0.304 e. The van der Waals surface area contributed by atoms with Gasteiger partial charge in [-0.25, -0.2) is 4.39 Å². The standard InChI is InChI=1S/C19H27FO2/c1-4-17(20)9-8-14(3)19(12-18(21)22)15-6-5-7-16(19)11-13(2)10-15/h4,8,15-17H,1-2,5-7,9-12H2,3H3,(H,21,22)/b14-8+. The molecule has 2 rings (SSSR count). The predicted octanol–water partition coefficient (Wildman–Crippen LogP) is 5.07. The Kier molecular flexibility index (Phi) is 5.25. The largest absolute Gasteiger partial charge is 0.481 e. The normalized spacial score (nSPS) is 33.4. The van der Waals surface area contributed by atoms with E-state index in [0.717, 1.165) is 37.7 Å². The molecule has 0 saturated heterocycles. The van der Waals surface area contributed by atoms with E-state index in [1.165, 1.54) is 11.6 Å². The number of fused-ring (bicyclic) bond motifs is 2. The average Bonchev–Trinajstić information content (AvgIpc) is 2.44. The number of allylic oxidation sites excluding steroid dienone is 4. The molecule has 0 aromatic rings. The van der Waals surface area contributed by atoms with E-state index in [-0.39, 0.29) is 18.3 Å². The van der Waals surface area contributed by atoms with Gasteiger partial charge in [0.2, 0.25) is 0 Å². The van der Waals surface area contributed by atoms with Gasteiger partial charge in [-0.2, -0.15) is 0 Å². The zero-order valence-electron chi connectivity index (χ0n) is 13.5. The van der Waals surface area contributed by atoms with Crippen molar-refractivity contribution in [1.82, 2.24) is 0 Å². The SMILES string of the molecule is C=CC(F)C/C=C(\C)C1(CC(=O)O)C2CCCC1CC(=C)C2. The monoisotopic (exact) mass is 306 g/mol. The third-order valence-electron chi connectivity index (χ3n) is 5.72. The molecule has 0 heterocycles. The molecular formula is C19H27FO2. The van der Waals surface area contributed by atoms with E-state index in [9.17, 15) is 14.3 Å². The van der Waals surface area contributed by atoms with Crippen LogP contribution >= 0.6 is 0 Å². The predicted molar refractivity (Wildman–Crippen MR) is 87.4 cm³/mol. The van der Waals surface area contributed by atoms with Crippen molar-refractivity contribution in [3.63, 3.8) is 0 Å². The van der Waals surface area contributed by atoms with Crippen molar-refractivity contribution < 1.29 is 14.3 Å². The Balaban J connectivity index is 2.37. The maximum absolute atomic E-state index is 13.5. The highest BCUT2D eigenvalue weighted by Crippen LogP contribution is 2.59. The fourth-order valence-corrected chi connectivity index (χ4v) is 4.71. The molecular weight excluding hydrogens is 279 g/mol. The number of hydrogen-bond donors (Lipinski definition) is 1. The first kappa shape index (κ1) is 17.0. The minimum atomic E-state index is -1.06. The van der Waals surface area contributed by atoms with Crippen LogP contribution in [-0.2, 0) is 4.79 Å². The Hall–Kier alpha value is -1.38. The number of carboxylic acid groups (broad SMARTS) is 1. The average molecular weight is 306 g/mol. The number of aliphatic carboxylic acids is 1. The second-order valence-electron chi connectivity index (χ2n) is 6.97. The summed E-state index contributed by atoms with van der Waals surface area (Å²) in [7, 11) is 0. The molecule has 2 saturated carbocycles. The van der Waals surface area contributed by atoms with Gasteiger partial charge in [0, 0.05) is 11.8 Å². The second-order valence-corrected chi connectivity index (χ2v) is 6.97. The first-order valence-electron chi connectivity index (χ1n) is 8.22. The van der Waals surface area contributed by atoms with Crippen LogP contribution < -0.4 is 0 Å². The smallest absolute Gasteiger partial charge is 0.304 e. The van der Waals surface area contributed by atoms with Crippen LogP contribution in [0.4, 0.5) is 4.39 Å². The fourth-order valence-electron chi connectivity index (χ4n) is 4.71. The summed E-state index contributed by atoms with van der Waals surface area (Å²) in [5.41, 5.74) is 1.99. The quantitative estimate of drug-likeness (QED) is 0.695. The third kappa shape index (κ3) is 3.18. The lowest BCUT2D eigenvalue weighted by molar-refractivity contribution is -0.142. The number of carboxylic acids is 1. The van der Waals surface area contributed by atoms with Crippen molar-refractivity contribution in [2.24, 2.45) is 17.3 Å². The van der Waals surface area contributed by atoms with Gasteiger partial charge in [-0.1, -0.05) is 36.3 Å². The molecule has 0 spiro atoms. The maximum atomic E-state index is 13.5. The minimum Gasteiger partial charge on any atom is -0.481 e. The summed E-state index contributed by atoms with van der Waals surface area (Å²) in [6.45, 7) is 9.62. The van der Waals surface area contributed by atoms with Crippen LogP contribution in [0.1, 0.15) is 51.9 Å². The van der Waals surface area contributed by atoms with Crippen molar-refractivity contribution in [3.8, 4) is 0 Å². The van der Waals surface area contributed by atoms with Crippen LogP contribution in [0.3, 0.4) is 0 Å². The van der Waals surface area contributed by atoms with Crippen LogP contribution in [0.2, 0.25) is 0 Å². The summed E-state index contributed by atoms with van der Waals surface area (Å²) in [6, 6.07) is 0. The molecule has 2 fully saturated rings. The lowest BCUT2D eigenvalue weighted by atomic mass is 9.50. The van der Waals surface area contributed by atoms with Crippen molar-refractivity contribution >= 4 is 5.97 Å². The van der Waals surface area contributed by atoms with E-state index in [0.29, 0.717) is 11.8 Å². The molecule has 122 valence electrons. The van der Waals surface area contributed by atoms with Gasteiger partial charge >= 0.3 is 5.97 Å². The Labute approximate surface area is 132 Å². The first-order valence-corrected chi connectivity index (χ1v) is 8.22. The van der Waals surface area contributed by atoms with Gasteiger partial charge in [0.05, 0.1) is 6.42 Å². The number of rotatable bonds is 6. The molecule has 0 radical (unpaired) electrons. The molecule has 3 heteroatoms. The lowest BCUT2D eigenvalue weighted by Crippen LogP contribution is -2.47. The van der Waals surface area contributed by atoms with E-state index >= 15 is 0 Å². The summed E-state index contributed by atoms with van der Waals surface area (Å²) in [5.74, 6) is -0.0824.